The highest BCUT2D eigenvalue weighted by Gasteiger charge is 2.18. The number of carbonyl (C=O) groups is 1. The van der Waals surface area contributed by atoms with Gasteiger partial charge in [-0.3, -0.25) is 4.79 Å². The minimum Gasteiger partial charge on any atom is -0.372 e. The van der Waals surface area contributed by atoms with Crippen LogP contribution in [0.2, 0.25) is 0 Å². The summed E-state index contributed by atoms with van der Waals surface area (Å²) in [5.74, 6) is 0.821. The number of nitrogens with zero attached hydrogens (tertiary/aromatic N) is 3. The Labute approximate surface area is 155 Å². The Morgan fingerprint density at radius 3 is 2.31 bits per heavy atom. The fourth-order valence-electron chi connectivity index (χ4n) is 3.79. The minimum absolute atomic E-state index is 0.111. The number of amides is 1. The number of pyridine rings is 1. The molecular formula is C21H26N4O. The van der Waals surface area contributed by atoms with Gasteiger partial charge in [-0.25, -0.2) is 4.98 Å². The fraction of sp³-hybridized carbons (Fsp3) is 0.429. The molecule has 3 heterocycles. The van der Waals surface area contributed by atoms with Crippen molar-refractivity contribution >= 4 is 23.1 Å². The highest BCUT2D eigenvalue weighted by molar-refractivity contribution is 5.95. The Morgan fingerprint density at radius 1 is 0.885 bits per heavy atom. The summed E-state index contributed by atoms with van der Waals surface area (Å²) < 4.78 is 0. The number of hydrogen-bond acceptors (Lipinski definition) is 4. The van der Waals surface area contributed by atoms with Crippen LogP contribution >= 0.6 is 0 Å². The van der Waals surface area contributed by atoms with Crippen molar-refractivity contribution in [2.75, 3.05) is 36.4 Å². The lowest BCUT2D eigenvalue weighted by molar-refractivity contribution is 0.0724. The van der Waals surface area contributed by atoms with E-state index >= 15 is 0 Å². The minimum atomic E-state index is 0.111. The first-order chi connectivity index (χ1) is 12.8. The van der Waals surface area contributed by atoms with Crippen LogP contribution in [0.1, 0.15) is 42.5 Å². The van der Waals surface area contributed by atoms with Gasteiger partial charge in [0.2, 0.25) is 0 Å². The molecule has 0 radical (unpaired) electrons. The predicted molar refractivity (Wildman–Crippen MR) is 105 cm³/mol. The molecule has 0 aliphatic carbocycles. The van der Waals surface area contributed by atoms with Crippen LogP contribution in [-0.2, 0) is 0 Å². The van der Waals surface area contributed by atoms with Crippen LogP contribution in [0.5, 0.6) is 0 Å². The van der Waals surface area contributed by atoms with Crippen LogP contribution < -0.4 is 10.2 Å². The molecule has 2 saturated heterocycles. The standard InChI is InChI=1S/C21H26N4O/c26-21(25-14-2-1-3-15-25)17-10-11-22-20(16-17)23-18-6-8-19(9-7-18)24-12-4-5-13-24/h6-11,16H,1-5,12-15H2,(H,22,23). The summed E-state index contributed by atoms with van der Waals surface area (Å²) in [4.78, 5) is 21.4. The van der Waals surface area contributed by atoms with Crippen LogP contribution in [0, 0.1) is 0 Å². The Bertz CT molecular complexity index is 747. The lowest BCUT2D eigenvalue weighted by Crippen LogP contribution is -2.35. The van der Waals surface area contributed by atoms with Gasteiger partial charge in [-0.15, -0.1) is 0 Å². The quantitative estimate of drug-likeness (QED) is 0.904. The number of benzene rings is 1. The molecule has 4 rings (SSSR count). The number of likely N-dealkylation sites (tertiary alicyclic amines) is 1. The van der Waals surface area contributed by atoms with Crippen molar-refractivity contribution in [3.05, 3.63) is 48.2 Å². The molecule has 1 amide bonds. The number of rotatable bonds is 4. The molecule has 136 valence electrons. The van der Waals surface area contributed by atoms with E-state index in [0.717, 1.165) is 44.7 Å². The molecule has 0 spiro atoms. The summed E-state index contributed by atoms with van der Waals surface area (Å²) in [7, 11) is 0. The average Bonchev–Trinajstić information content (AvgIpc) is 3.24. The van der Waals surface area contributed by atoms with Crippen molar-refractivity contribution in [2.45, 2.75) is 32.1 Å². The van der Waals surface area contributed by atoms with Crippen LogP contribution in [0.25, 0.3) is 0 Å². The molecule has 1 N–H and O–H groups in total. The number of nitrogens with one attached hydrogen (secondary N) is 1. The second-order valence-electron chi connectivity index (χ2n) is 7.15. The molecule has 2 aliphatic heterocycles. The van der Waals surface area contributed by atoms with Crippen molar-refractivity contribution in [1.29, 1.82) is 0 Å². The number of anilines is 3. The van der Waals surface area contributed by atoms with Crippen LogP contribution in [0.3, 0.4) is 0 Å². The van der Waals surface area contributed by atoms with E-state index in [1.807, 2.05) is 11.0 Å². The molecule has 2 aliphatic rings. The second-order valence-corrected chi connectivity index (χ2v) is 7.15. The van der Waals surface area contributed by atoms with Gasteiger partial charge in [0, 0.05) is 49.3 Å². The lowest BCUT2D eigenvalue weighted by atomic mass is 10.1. The van der Waals surface area contributed by atoms with Crippen LogP contribution in [0.4, 0.5) is 17.2 Å². The molecule has 5 heteroatoms. The number of carbonyl (C=O) groups excluding carboxylic acids is 1. The molecule has 1 aromatic carbocycles. The molecule has 0 bridgehead atoms. The number of hydrogen-bond donors (Lipinski definition) is 1. The van der Waals surface area contributed by atoms with Gasteiger partial charge in [0.05, 0.1) is 0 Å². The number of aromatic nitrogens is 1. The Hall–Kier alpha value is -2.56. The normalized spacial score (nSPS) is 17.4. The van der Waals surface area contributed by atoms with Gasteiger partial charge in [-0.1, -0.05) is 0 Å². The topological polar surface area (TPSA) is 48.5 Å². The van der Waals surface area contributed by atoms with Gasteiger partial charge >= 0.3 is 0 Å². The maximum Gasteiger partial charge on any atom is 0.254 e. The predicted octanol–water partition coefficient (Wildman–Crippen LogP) is 4.05. The summed E-state index contributed by atoms with van der Waals surface area (Å²) in [6, 6.07) is 12.1. The second kappa shape index (κ2) is 7.77. The Balaban J connectivity index is 1.44. The largest absolute Gasteiger partial charge is 0.372 e. The Kier molecular flexibility index (Phi) is 5.04. The highest BCUT2D eigenvalue weighted by Crippen LogP contribution is 2.24. The third kappa shape index (κ3) is 3.82. The van der Waals surface area contributed by atoms with E-state index in [1.54, 1.807) is 12.3 Å². The highest BCUT2D eigenvalue weighted by atomic mass is 16.2. The van der Waals surface area contributed by atoms with E-state index in [-0.39, 0.29) is 5.91 Å². The van der Waals surface area contributed by atoms with E-state index in [1.165, 1.54) is 24.9 Å². The maximum atomic E-state index is 12.7. The van der Waals surface area contributed by atoms with Crippen LogP contribution in [0.15, 0.2) is 42.6 Å². The van der Waals surface area contributed by atoms with Crippen molar-refractivity contribution in [2.24, 2.45) is 0 Å². The molecular weight excluding hydrogens is 324 g/mol. The maximum absolute atomic E-state index is 12.7. The molecule has 0 unspecified atom stereocenters. The van der Waals surface area contributed by atoms with E-state index < -0.39 is 0 Å². The lowest BCUT2D eigenvalue weighted by Gasteiger charge is -2.26. The van der Waals surface area contributed by atoms with Gasteiger partial charge in [0.25, 0.3) is 5.91 Å². The van der Waals surface area contributed by atoms with Gasteiger partial charge in [-0.2, -0.15) is 0 Å². The SMILES string of the molecule is O=C(c1ccnc(Nc2ccc(N3CCCC3)cc2)c1)N1CCCCC1. The van der Waals surface area contributed by atoms with E-state index in [2.05, 4.69) is 39.5 Å². The monoisotopic (exact) mass is 350 g/mol. The molecule has 0 atom stereocenters. The van der Waals surface area contributed by atoms with Gasteiger partial charge in [-0.05, 0) is 68.5 Å². The van der Waals surface area contributed by atoms with Crippen molar-refractivity contribution in [3.8, 4) is 0 Å². The first-order valence-electron chi connectivity index (χ1n) is 9.67. The molecule has 26 heavy (non-hydrogen) atoms. The number of piperidine rings is 1. The first kappa shape index (κ1) is 16.9. The van der Waals surface area contributed by atoms with Gasteiger partial charge in [0.15, 0.2) is 0 Å². The average molecular weight is 350 g/mol. The van der Waals surface area contributed by atoms with Gasteiger partial charge < -0.3 is 15.1 Å². The van der Waals surface area contributed by atoms with E-state index in [0.29, 0.717) is 11.4 Å². The molecule has 2 aromatic rings. The summed E-state index contributed by atoms with van der Waals surface area (Å²) in [5.41, 5.74) is 2.97. The van der Waals surface area contributed by atoms with E-state index in [4.69, 9.17) is 0 Å². The third-order valence-electron chi connectivity index (χ3n) is 5.26. The zero-order valence-corrected chi connectivity index (χ0v) is 15.2. The van der Waals surface area contributed by atoms with Crippen molar-refractivity contribution < 1.29 is 4.79 Å². The zero-order valence-electron chi connectivity index (χ0n) is 15.2. The fourth-order valence-corrected chi connectivity index (χ4v) is 3.79. The zero-order chi connectivity index (χ0) is 17.8. The molecule has 0 saturated carbocycles. The molecule has 1 aromatic heterocycles. The Morgan fingerprint density at radius 2 is 1.58 bits per heavy atom. The van der Waals surface area contributed by atoms with E-state index in [9.17, 15) is 4.79 Å². The molecule has 5 nitrogen and oxygen atoms in total. The summed E-state index contributed by atoms with van der Waals surface area (Å²) in [6.07, 6.45) is 7.69. The van der Waals surface area contributed by atoms with Crippen molar-refractivity contribution in [1.82, 2.24) is 9.88 Å². The van der Waals surface area contributed by atoms with Gasteiger partial charge in [0.1, 0.15) is 5.82 Å². The summed E-state index contributed by atoms with van der Waals surface area (Å²) in [6.45, 7) is 4.02. The van der Waals surface area contributed by atoms with Crippen molar-refractivity contribution in [3.63, 3.8) is 0 Å². The summed E-state index contributed by atoms with van der Waals surface area (Å²) in [5, 5.41) is 3.32. The van der Waals surface area contributed by atoms with Crippen LogP contribution in [-0.4, -0.2) is 42.0 Å². The first-order valence-corrected chi connectivity index (χ1v) is 9.67. The summed E-state index contributed by atoms with van der Waals surface area (Å²) >= 11 is 0. The smallest absolute Gasteiger partial charge is 0.254 e. The molecule has 2 fully saturated rings. The third-order valence-corrected chi connectivity index (χ3v) is 5.26.